The molecule has 1 aromatic rings. The molecule has 0 saturated heterocycles. The van der Waals surface area contributed by atoms with Crippen molar-refractivity contribution in [2.24, 2.45) is 5.73 Å². The number of aromatic nitrogens is 1. The molecule has 6 heteroatoms. The number of alkyl halides is 2. The lowest BCUT2D eigenvalue weighted by molar-refractivity contribution is 0.149. The Labute approximate surface area is 85.7 Å². The summed E-state index contributed by atoms with van der Waals surface area (Å²) in [6.45, 7) is -0.532. The van der Waals surface area contributed by atoms with E-state index in [0.717, 1.165) is 6.07 Å². The molecular weight excluding hydrogens is 206 g/mol. The lowest BCUT2D eigenvalue weighted by atomic mass is 10.1. The number of rotatable bonds is 4. The number of halogens is 2. The van der Waals surface area contributed by atoms with Crippen LogP contribution in [0.15, 0.2) is 6.07 Å². The highest BCUT2D eigenvalue weighted by Crippen LogP contribution is 2.27. The summed E-state index contributed by atoms with van der Waals surface area (Å²) in [7, 11) is 1.32. The van der Waals surface area contributed by atoms with Crippen molar-refractivity contribution in [3.05, 3.63) is 22.9 Å². The standard InChI is InChI=1S/C9H12F2N2O2/c1-15-8-2-5(9(10)11)6(3-12)7(4-14)13-8/h2,9,14H,3-4,12H2,1H3. The summed E-state index contributed by atoms with van der Waals surface area (Å²) in [6.07, 6.45) is -2.66. The third kappa shape index (κ3) is 2.40. The predicted octanol–water partition coefficient (Wildman–Crippen LogP) is 0.979. The summed E-state index contributed by atoms with van der Waals surface area (Å²) in [4.78, 5) is 3.84. The average molecular weight is 218 g/mol. The highest BCUT2D eigenvalue weighted by atomic mass is 19.3. The topological polar surface area (TPSA) is 68.4 Å². The van der Waals surface area contributed by atoms with Crippen LogP contribution in [-0.4, -0.2) is 17.2 Å². The van der Waals surface area contributed by atoms with Gasteiger partial charge in [-0.3, -0.25) is 0 Å². The Kier molecular flexibility index (Phi) is 3.93. The second kappa shape index (κ2) is 4.99. The van der Waals surface area contributed by atoms with Gasteiger partial charge < -0.3 is 15.6 Å². The predicted molar refractivity (Wildman–Crippen MR) is 49.6 cm³/mol. The zero-order chi connectivity index (χ0) is 11.4. The van der Waals surface area contributed by atoms with Crippen LogP contribution in [0.2, 0.25) is 0 Å². The van der Waals surface area contributed by atoms with E-state index >= 15 is 0 Å². The summed E-state index contributed by atoms with van der Waals surface area (Å²) < 4.78 is 30.0. The third-order valence-electron chi connectivity index (χ3n) is 2.02. The second-order valence-corrected chi connectivity index (χ2v) is 2.84. The molecule has 0 aromatic carbocycles. The fourth-order valence-electron chi connectivity index (χ4n) is 1.29. The van der Waals surface area contributed by atoms with E-state index in [2.05, 4.69) is 4.98 Å². The van der Waals surface area contributed by atoms with Gasteiger partial charge in [-0.2, -0.15) is 0 Å². The Bertz CT molecular complexity index is 345. The maximum absolute atomic E-state index is 12.6. The van der Waals surface area contributed by atoms with Crippen molar-refractivity contribution < 1.29 is 18.6 Å². The molecule has 0 atom stereocenters. The van der Waals surface area contributed by atoms with Crippen molar-refractivity contribution in [2.75, 3.05) is 7.11 Å². The highest BCUT2D eigenvalue weighted by molar-refractivity contribution is 5.35. The van der Waals surface area contributed by atoms with E-state index in [9.17, 15) is 8.78 Å². The van der Waals surface area contributed by atoms with Gasteiger partial charge in [-0.1, -0.05) is 0 Å². The first-order valence-corrected chi connectivity index (χ1v) is 4.29. The zero-order valence-electron chi connectivity index (χ0n) is 8.20. The molecule has 1 aromatic heterocycles. The molecule has 0 spiro atoms. The van der Waals surface area contributed by atoms with E-state index in [0.29, 0.717) is 0 Å². The van der Waals surface area contributed by atoms with Gasteiger partial charge in [0.15, 0.2) is 0 Å². The fourth-order valence-corrected chi connectivity index (χ4v) is 1.29. The first-order valence-electron chi connectivity index (χ1n) is 4.29. The van der Waals surface area contributed by atoms with Crippen LogP contribution in [0.4, 0.5) is 8.78 Å². The lowest BCUT2D eigenvalue weighted by Crippen LogP contribution is -2.09. The Balaban J connectivity index is 3.32. The number of pyridine rings is 1. The van der Waals surface area contributed by atoms with E-state index in [1.54, 1.807) is 0 Å². The molecule has 0 aliphatic rings. The summed E-state index contributed by atoms with van der Waals surface area (Å²) in [6, 6.07) is 1.13. The van der Waals surface area contributed by atoms with Crippen LogP contribution in [0.5, 0.6) is 5.88 Å². The molecule has 0 aliphatic carbocycles. The summed E-state index contributed by atoms with van der Waals surface area (Å²) >= 11 is 0. The van der Waals surface area contributed by atoms with E-state index in [1.165, 1.54) is 7.11 Å². The summed E-state index contributed by atoms with van der Waals surface area (Å²) in [5.74, 6) is 0.0477. The van der Waals surface area contributed by atoms with Gasteiger partial charge in [0.25, 0.3) is 6.43 Å². The van der Waals surface area contributed by atoms with Crippen molar-refractivity contribution in [3.8, 4) is 5.88 Å². The number of hydrogen-bond donors (Lipinski definition) is 2. The van der Waals surface area contributed by atoms with Gasteiger partial charge in [0.2, 0.25) is 5.88 Å². The van der Waals surface area contributed by atoms with Gasteiger partial charge in [-0.05, 0) is 5.56 Å². The molecule has 0 radical (unpaired) electrons. The monoisotopic (exact) mass is 218 g/mol. The largest absolute Gasteiger partial charge is 0.481 e. The van der Waals surface area contributed by atoms with Crippen LogP contribution in [-0.2, 0) is 13.2 Å². The van der Waals surface area contributed by atoms with E-state index in [4.69, 9.17) is 15.6 Å². The first-order chi connectivity index (χ1) is 7.13. The van der Waals surface area contributed by atoms with Crippen LogP contribution in [0.3, 0.4) is 0 Å². The summed E-state index contributed by atoms with van der Waals surface area (Å²) in [5, 5.41) is 8.96. The minimum atomic E-state index is -2.66. The molecule has 1 rings (SSSR count). The fraction of sp³-hybridized carbons (Fsp3) is 0.444. The van der Waals surface area contributed by atoms with Gasteiger partial charge >= 0.3 is 0 Å². The number of ether oxygens (including phenoxy) is 1. The number of methoxy groups -OCH3 is 1. The molecule has 0 bridgehead atoms. The van der Waals surface area contributed by atoms with E-state index in [1.807, 2.05) is 0 Å². The SMILES string of the molecule is COc1cc(C(F)F)c(CN)c(CO)n1. The number of hydrogen-bond acceptors (Lipinski definition) is 4. The second-order valence-electron chi connectivity index (χ2n) is 2.84. The Morgan fingerprint density at radius 2 is 2.27 bits per heavy atom. The summed E-state index contributed by atoms with van der Waals surface area (Å²) in [5.41, 5.74) is 5.39. The third-order valence-corrected chi connectivity index (χ3v) is 2.02. The molecule has 0 saturated carbocycles. The smallest absolute Gasteiger partial charge is 0.264 e. The Morgan fingerprint density at radius 3 is 2.67 bits per heavy atom. The van der Waals surface area contributed by atoms with Crippen LogP contribution in [0.1, 0.15) is 23.2 Å². The molecule has 84 valence electrons. The van der Waals surface area contributed by atoms with Gasteiger partial charge in [0.05, 0.1) is 19.4 Å². The van der Waals surface area contributed by atoms with Gasteiger partial charge in [-0.25, -0.2) is 13.8 Å². The van der Waals surface area contributed by atoms with E-state index in [-0.39, 0.29) is 29.2 Å². The zero-order valence-corrected chi connectivity index (χ0v) is 8.20. The lowest BCUT2D eigenvalue weighted by Gasteiger charge is -2.12. The van der Waals surface area contributed by atoms with Crippen LogP contribution in [0, 0.1) is 0 Å². The number of nitrogens with zero attached hydrogens (tertiary/aromatic N) is 1. The van der Waals surface area contributed by atoms with Crippen molar-refractivity contribution in [3.63, 3.8) is 0 Å². The van der Waals surface area contributed by atoms with Gasteiger partial charge in [0.1, 0.15) is 0 Å². The van der Waals surface area contributed by atoms with Gasteiger partial charge in [0, 0.05) is 18.2 Å². The minimum Gasteiger partial charge on any atom is -0.481 e. The van der Waals surface area contributed by atoms with Crippen LogP contribution in [0.25, 0.3) is 0 Å². The molecular formula is C9H12F2N2O2. The van der Waals surface area contributed by atoms with Crippen molar-refractivity contribution in [2.45, 2.75) is 19.6 Å². The normalized spacial score (nSPS) is 10.8. The molecule has 0 amide bonds. The van der Waals surface area contributed by atoms with Crippen molar-refractivity contribution in [1.82, 2.24) is 4.98 Å². The Morgan fingerprint density at radius 1 is 1.60 bits per heavy atom. The molecule has 15 heavy (non-hydrogen) atoms. The maximum Gasteiger partial charge on any atom is 0.264 e. The highest BCUT2D eigenvalue weighted by Gasteiger charge is 2.18. The van der Waals surface area contributed by atoms with E-state index < -0.39 is 13.0 Å². The number of aliphatic hydroxyl groups excluding tert-OH is 1. The van der Waals surface area contributed by atoms with Gasteiger partial charge in [-0.15, -0.1) is 0 Å². The maximum atomic E-state index is 12.6. The molecule has 1 heterocycles. The molecule has 0 aliphatic heterocycles. The Hall–Kier alpha value is -1.27. The molecule has 3 N–H and O–H groups in total. The van der Waals surface area contributed by atoms with Crippen molar-refractivity contribution >= 4 is 0 Å². The molecule has 0 fully saturated rings. The number of aliphatic hydroxyl groups is 1. The molecule has 0 unspecified atom stereocenters. The van der Waals surface area contributed by atoms with Crippen LogP contribution < -0.4 is 10.5 Å². The molecule has 4 nitrogen and oxygen atoms in total. The number of nitrogens with two attached hydrogens (primary N) is 1. The first kappa shape index (κ1) is 11.8. The van der Waals surface area contributed by atoms with Crippen LogP contribution >= 0.6 is 0 Å². The quantitative estimate of drug-likeness (QED) is 0.790. The van der Waals surface area contributed by atoms with Crippen molar-refractivity contribution in [1.29, 1.82) is 0 Å². The minimum absolute atomic E-state index is 0.0477. The average Bonchev–Trinajstić information content (AvgIpc) is 2.26.